The standard InChI is InChI=1S/C25H30N2O4/c1-17(2)19-5-3-18(4-6-19)15-23-24(30)20-7-8-22(29)21(25(20)31-23)16-27-11-9-26(10-12-27)13-14-28/h3-8,15,17,28-29H,9-14,16H2,1-2H3. The lowest BCUT2D eigenvalue weighted by Crippen LogP contribution is -2.46. The van der Waals surface area contributed by atoms with Crippen LogP contribution in [0.4, 0.5) is 0 Å². The Hall–Kier alpha value is -2.67. The lowest BCUT2D eigenvalue weighted by molar-refractivity contribution is 0.101. The van der Waals surface area contributed by atoms with Crippen LogP contribution in [-0.4, -0.2) is 65.1 Å². The van der Waals surface area contributed by atoms with Crippen molar-refractivity contribution in [3.05, 3.63) is 64.4 Å². The van der Waals surface area contributed by atoms with E-state index in [2.05, 4.69) is 35.8 Å². The molecule has 164 valence electrons. The number of aromatic hydroxyl groups is 1. The fourth-order valence-electron chi connectivity index (χ4n) is 4.11. The minimum atomic E-state index is -0.156. The number of benzene rings is 2. The summed E-state index contributed by atoms with van der Waals surface area (Å²) in [6, 6.07) is 11.3. The lowest BCUT2D eigenvalue weighted by Gasteiger charge is -2.34. The number of allylic oxidation sites excluding steroid dienone is 1. The van der Waals surface area contributed by atoms with Crippen molar-refractivity contribution in [2.24, 2.45) is 0 Å². The number of piperazine rings is 1. The third kappa shape index (κ3) is 4.66. The Morgan fingerprint density at radius 1 is 1.03 bits per heavy atom. The first-order valence-corrected chi connectivity index (χ1v) is 10.9. The SMILES string of the molecule is CC(C)c1ccc(C=C2Oc3c(ccc(O)c3CN3CCN(CCO)CC3)C2=O)cc1. The summed E-state index contributed by atoms with van der Waals surface area (Å²) in [6.45, 7) is 9.07. The molecule has 0 atom stereocenters. The molecule has 4 rings (SSSR count). The highest BCUT2D eigenvalue weighted by Crippen LogP contribution is 2.40. The van der Waals surface area contributed by atoms with Crippen molar-refractivity contribution in [1.29, 1.82) is 0 Å². The largest absolute Gasteiger partial charge is 0.507 e. The first-order chi connectivity index (χ1) is 15.0. The molecule has 2 aliphatic rings. The number of aliphatic hydroxyl groups excluding tert-OH is 1. The zero-order valence-corrected chi connectivity index (χ0v) is 18.2. The molecule has 2 aromatic carbocycles. The van der Waals surface area contributed by atoms with Crippen LogP contribution in [0, 0.1) is 0 Å². The maximum absolute atomic E-state index is 12.9. The number of Topliss-reactive ketones (excluding diaryl/α,β-unsaturated/α-hetero) is 1. The summed E-state index contributed by atoms with van der Waals surface area (Å²) in [7, 11) is 0. The molecule has 0 spiro atoms. The van der Waals surface area contributed by atoms with E-state index in [1.54, 1.807) is 18.2 Å². The van der Waals surface area contributed by atoms with Crippen molar-refractivity contribution in [2.45, 2.75) is 26.3 Å². The molecule has 2 aromatic rings. The maximum Gasteiger partial charge on any atom is 0.231 e. The van der Waals surface area contributed by atoms with E-state index >= 15 is 0 Å². The number of carbonyl (C=O) groups is 1. The summed E-state index contributed by atoms with van der Waals surface area (Å²) in [5.41, 5.74) is 3.30. The van der Waals surface area contributed by atoms with E-state index < -0.39 is 0 Å². The number of phenols is 1. The molecule has 2 aliphatic heterocycles. The van der Waals surface area contributed by atoms with E-state index in [1.165, 1.54) is 5.56 Å². The summed E-state index contributed by atoms with van der Waals surface area (Å²) in [6.07, 6.45) is 1.76. The molecule has 0 aliphatic carbocycles. The number of ether oxygens (including phenoxy) is 1. The summed E-state index contributed by atoms with van der Waals surface area (Å²) < 4.78 is 6.00. The molecule has 0 aromatic heterocycles. The first-order valence-electron chi connectivity index (χ1n) is 10.9. The van der Waals surface area contributed by atoms with Crippen molar-refractivity contribution in [2.75, 3.05) is 39.3 Å². The number of hydrogen-bond donors (Lipinski definition) is 2. The van der Waals surface area contributed by atoms with Crippen molar-refractivity contribution < 1.29 is 19.7 Å². The number of phenolic OH excluding ortho intramolecular Hbond substituents is 1. The summed E-state index contributed by atoms with van der Waals surface area (Å²) in [5, 5.41) is 19.6. The normalized spacial score (nSPS) is 18.6. The number of β-amino-alcohol motifs (C(OH)–C–C–N with tert-alkyl or cyclic N) is 1. The van der Waals surface area contributed by atoms with Crippen molar-refractivity contribution in [3.63, 3.8) is 0 Å². The van der Waals surface area contributed by atoms with Crippen LogP contribution in [0.15, 0.2) is 42.2 Å². The molecule has 0 radical (unpaired) electrons. The zero-order chi connectivity index (χ0) is 22.0. The van der Waals surface area contributed by atoms with Crippen LogP contribution in [-0.2, 0) is 6.54 Å². The highest BCUT2D eigenvalue weighted by atomic mass is 16.5. The Bertz CT molecular complexity index is 974. The predicted octanol–water partition coefficient (Wildman–Crippen LogP) is 3.24. The van der Waals surface area contributed by atoms with Crippen LogP contribution in [0.5, 0.6) is 11.5 Å². The molecular formula is C25H30N2O4. The van der Waals surface area contributed by atoms with E-state index in [0.717, 1.165) is 31.7 Å². The first kappa shape index (κ1) is 21.6. The fourth-order valence-corrected chi connectivity index (χ4v) is 4.11. The minimum absolute atomic E-state index is 0.145. The number of carbonyl (C=O) groups excluding carboxylic acids is 1. The zero-order valence-electron chi connectivity index (χ0n) is 18.2. The number of rotatable bonds is 6. The second-order valence-electron chi connectivity index (χ2n) is 8.54. The van der Waals surface area contributed by atoms with Gasteiger partial charge in [-0.2, -0.15) is 0 Å². The molecule has 0 amide bonds. The van der Waals surface area contributed by atoms with E-state index in [9.17, 15) is 9.90 Å². The molecule has 0 unspecified atom stereocenters. The number of ketones is 1. The van der Waals surface area contributed by atoms with E-state index in [4.69, 9.17) is 9.84 Å². The lowest BCUT2D eigenvalue weighted by atomic mass is 10.0. The van der Waals surface area contributed by atoms with E-state index in [0.29, 0.717) is 35.9 Å². The van der Waals surface area contributed by atoms with Gasteiger partial charge in [0.1, 0.15) is 11.5 Å². The predicted molar refractivity (Wildman–Crippen MR) is 120 cm³/mol. The molecule has 0 bridgehead atoms. The third-order valence-electron chi connectivity index (χ3n) is 6.08. The monoisotopic (exact) mass is 422 g/mol. The van der Waals surface area contributed by atoms with Gasteiger partial charge in [0.2, 0.25) is 5.78 Å². The number of nitrogens with zero attached hydrogens (tertiary/aromatic N) is 2. The van der Waals surface area contributed by atoms with Crippen LogP contribution < -0.4 is 4.74 Å². The molecule has 6 nitrogen and oxygen atoms in total. The van der Waals surface area contributed by atoms with Crippen molar-refractivity contribution in [3.8, 4) is 11.5 Å². The maximum atomic E-state index is 12.9. The smallest absolute Gasteiger partial charge is 0.231 e. The van der Waals surface area contributed by atoms with E-state index in [-0.39, 0.29) is 23.9 Å². The summed E-state index contributed by atoms with van der Waals surface area (Å²) in [4.78, 5) is 17.4. The average Bonchev–Trinajstić information content (AvgIpc) is 3.07. The fraction of sp³-hybridized carbons (Fsp3) is 0.400. The highest BCUT2D eigenvalue weighted by molar-refractivity contribution is 6.15. The van der Waals surface area contributed by atoms with Gasteiger partial charge in [-0.1, -0.05) is 38.1 Å². The van der Waals surface area contributed by atoms with Gasteiger partial charge >= 0.3 is 0 Å². The van der Waals surface area contributed by atoms with Gasteiger partial charge in [-0.3, -0.25) is 14.6 Å². The van der Waals surface area contributed by atoms with Crippen LogP contribution in [0.3, 0.4) is 0 Å². The Balaban J connectivity index is 1.53. The topological polar surface area (TPSA) is 73.2 Å². The van der Waals surface area contributed by atoms with Gasteiger partial charge in [-0.15, -0.1) is 0 Å². The van der Waals surface area contributed by atoms with Crippen LogP contribution in [0.25, 0.3) is 6.08 Å². The molecule has 0 saturated carbocycles. The van der Waals surface area contributed by atoms with E-state index in [1.807, 2.05) is 12.1 Å². The van der Waals surface area contributed by atoms with Gasteiger partial charge in [0.15, 0.2) is 5.76 Å². The Labute approximate surface area is 183 Å². The number of aliphatic hydroxyl groups is 1. The Morgan fingerprint density at radius 3 is 2.35 bits per heavy atom. The summed E-state index contributed by atoms with van der Waals surface area (Å²) >= 11 is 0. The van der Waals surface area contributed by atoms with Gasteiger partial charge in [0.25, 0.3) is 0 Å². The van der Waals surface area contributed by atoms with Gasteiger partial charge < -0.3 is 14.9 Å². The molecular weight excluding hydrogens is 392 g/mol. The minimum Gasteiger partial charge on any atom is -0.507 e. The molecule has 31 heavy (non-hydrogen) atoms. The number of hydrogen-bond acceptors (Lipinski definition) is 6. The van der Waals surface area contributed by atoms with Crippen LogP contribution in [0.2, 0.25) is 0 Å². The third-order valence-corrected chi connectivity index (χ3v) is 6.08. The van der Waals surface area contributed by atoms with Crippen molar-refractivity contribution in [1.82, 2.24) is 9.80 Å². The molecule has 1 fully saturated rings. The van der Waals surface area contributed by atoms with Gasteiger partial charge in [0.05, 0.1) is 17.7 Å². The van der Waals surface area contributed by atoms with Crippen LogP contribution in [0.1, 0.15) is 46.8 Å². The Morgan fingerprint density at radius 2 is 1.71 bits per heavy atom. The molecule has 2 N–H and O–H groups in total. The second kappa shape index (κ2) is 9.22. The highest BCUT2D eigenvalue weighted by Gasteiger charge is 2.32. The summed E-state index contributed by atoms with van der Waals surface area (Å²) in [5.74, 6) is 1.19. The Kier molecular flexibility index (Phi) is 6.41. The number of fused-ring (bicyclic) bond motifs is 1. The van der Waals surface area contributed by atoms with Gasteiger partial charge in [0, 0.05) is 39.3 Å². The van der Waals surface area contributed by atoms with Crippen molar-refractivity contribution >= 4 is 11.9 Å². The molecule has 1 saturated heterocycles. The molecule has 6 heteroatoms. The van der Waals surface area contributed by atoms with Crippen LogP contribution >= 0.6 is 0 Å². The van der Waals surface area contributed by atoms with Gasteiger partial charge in [-0.25, -0.2) is 0 Å². The van der Waals surface area contributed by atoms with Gasteiger partial charge in [-0.05, 0) is 35.3 Å². The quantitative estimate of drug-likeness (QED) is 0.697. The second-order valence-corrected chi connectivity index (χ2v) is 8.54. The molecule has 2 heterocycles. The average molecular weight is 423 g/mol.